The molecule has 0 aliphatic carbocycles. The van der Waals surface area contributed by atoms with E-state index in [2.05, 4.69) is 15.1 Å². The molecule has 0 saturated heterocycles. The van der Waals surface area contributed by atoms with Gasteiger partial charge in [-0.3, -0.25) is 9.36 Å². The Morgan fingerprint density at radius 1 is 1.04 bits per heavy atom. The number of aromatic nitrogens is 4. The van der Waals surface area contributed by atoms with Crippen LogP contribution in [-0.4, -0.2) is 19.7 Å². The lowest BCUT2D eigenvalue weighted by Crippen LogP contribution is -2.26. The molecule has 6 heteroatoms. The standard InChI is InChI=1S/C22H20N4O2/c1-3-20-23-18-7-5-4-6-17(18)22(27)26(20)14-19-24-21(28-25-19)13-12-16-10-8-15(2)9-11-16/h4-13H,3,14H2,1-2H3. The van der Waals surface area contributed by atoms with Crippen LogP contribution in [0.15, 0.2) is 57.8 Å². The normalized spacial score (nSPS) is 11.5. The van der Waals surface area contributed by atoms with Gasteiger partial charge in [-0.15, -0.1) is 0 Å². The molecule has 0 N–H and O–H groups in total. The molecule has 4 aromatic rings. The predicted molar refractivity (Wildman–Crippen MR) is 109 cm³/mol. The molecule has 0 unspecified atom stereocenters. The molecule has 0 radical (unpaired) electrons. The molecule has 0 fully saturated rings. The van der Waals surface area contributed by atoms with E-state index in [0.29, 0.717) is 34.9 Å². The van der Waals surface area contributed by atoms with Gasteiger partial charge in [-0.2, -0.15) is 4.98 Å². The van der Waals surface area contributed by atoms with E-state index in [1.807, 2.05) is 62.4 Å². The van der Waals surface area contributed by atoms with Crippen LogP contribution in [0.4, 0.5) is 0 Å². The predicted octanol–water partition coefficient (Wildman–Crippen LogP) is 3.87. The largest absolute Gasteiger partial charge is 0.335 e. The van der Waals surface area contributed by atoms with Crippen LogP contribution < -0.4 is 5.56 Å². The summed E-state index contributed by atoms with van der Waals surface area (Å²) in [4.78, 5) is 21.9. The van der Waals surface area contributed by atoms with Crippen molar-refractivity contribution < 1.29 is 4.52 Å². The van der Waals surface area contributed by atoms with Crippen LogP contribution in [0.2, 0.25) is 0 Å². The zero-order chi connectivity index (χ0) is 19.5. The Kier molecular flexibility index (Phi) is 4.85. The van der Waals surface area contributed by atoms with Crippen molar-refractivity contribution in [2.45, 2.75) is 26.8 Å². The fourth-order valence-corrected chi connectivity index (χ4v) is 3.03. The minimum atomic E-state index is -0.0935. The average Bonchev–Trinajstić information content (AvgIpc) is 3.17. The van der Waals surface area contributed by atoms with E-state index in [0.717, 1.165) is 5.56 Å². The Labute approximate surface area is 162 Å². The molecule has 0 atom stereocenters. The van der Waals surface area contributed by atoms with Crippen molar-refractivity contribution in [1.29, 1.82) is 0 Å². The van der Waals surface area contributed by atoms with Gasteiger partial charge in [0, 0.05) is 12.5 Å². The van der Waals surface area contributed by atoms with Crippen molar-refractivity contribution in [3.8, 4) is 0 Å². The number of fused-ring (bicyclic) bond motifs is 1. The van der Waals surface area contributed by atoms with Crippen molar-refractivity contribution in [3.05, 3.63) is 87.6 Å². The highest BCUT2D eigenvalue weighted by Crippen LogP contribution is 2.11. The molecule has 6 nitrogen and oxygen atoms in total. The third-order valence-corrected chi connectivity index (χ3v) is 4.54. The Morgan fingerprint density at radius 3 is 2.61 bits per heavy atom. The summed E-state index contributed by atoms with van der Waals surface area (Å²) in [6.45, 7) is 4.24. The van der Waals surface area contributed by atoms with Crippen LogP contribution in [-0.2, 0) is 13.0 Å². The van der Waals surface area contributed by atoms with Crippen LogP contribution in [0.3, 0.4) is 0 Å². The molecule has 0 amide bonds. The van der Waals surface area contributed by atoms with Gasteiger partial charge >= 0.3 is 0 Å². The lowest BCUT2D eigenvalue weighted by molar-refractivity contribution is 0.400. The van der Waals surface area contributed by atoms with E-state index >= 15 is 0 Å². The molecule has 0 aliphatic rings. The number of rotatable bonds is 5. The van der Waals surface area contributed by atoms with E-state index in [1.165, 1.54) is 5.56 Å². The molecular weight excluding hydrogens is 352 g/mol. The zero-order valence-electron chi connectivity index (χ0n) is 15.8. The second-order valence-electron chi connectivity index (χ2n) is 6.58. The highest BCUT2D eigenvalue weighted by Gasteiger charge is 2.13. The fourth-order valence-electron chi connectivity index (χ4n) is 3.03. The summed E-state index contributed by atoms with van der Waals surface area (Å²) < 4.78 is 6.91. The van der Waals surface area contributed by atoms with Gasteiger partial charge in [-0.1, -0.05) is 54.0 Å². The van der Waals surface area contributed by atoms with Crippen molar-refractivity contribution in [3.63, 3.8) is 0 Å². The first kappa shape index (κ1) is 17.9. The number of aryl methyl sites for hydroxylation is 2. The number of para-hydroxylation sites is 1. The summed E-state index contributed by atoms with van der Waals surface area (Å²) in [6.07, 6.45) is 4.32. The molecular formula is C22H20N4O2. The van der Waals surface area contributed by atoms with Gasteiger partial charge in [0.05, 0.1) is 17.4 Å². The van der Waals surface area contributed by atoms with Crippen LogP contribution in [0.1, 0.15) is 35.6 Å². The summed E-state index contributed by atoms with van der Waals surface area (Å²) in [6, 6.07) is 15.5. The maximum absolute atomic E-state index is 12.9. The quantitative estimate of drug-likeness (QED) is 0.532. The van der Waals surface area contributed by atoms with Crippen LogP contribution in [0.5, 0.6) is 0 Å². The van der Waals surface area contributed by atoms with Gasteiger partial charge in [0.2, 0.25) is 0 Å². The Hall–Kier alpha value is -3.54. The minimum absolute atomic E-state index is 0.0935. The molecule has 2 heterocycles. The number of hydrogen-bond donors (Lipinski definition) is 0. The van der Waals surface area contributed by atoms with Gasteiger partial charge in [0.1, 0.15) is 5.82 Å². The average molecular weight is 372 g/mol. The van der Waals surface area contributed by atoms with E-state index in [9.17, 15) is 4.79 Å². The van der Waals surface area contributed by atoms with E-state index < -0.39 is 0 Å². The monoisotopic (exact) mass is 372 g/mol. The zero-order valence-corrected chi connectivity index (χ0v) is 15.8. The molecule has 0 spiro atoms. The smallest absolute Gasteiger partial charge is 0.261 e. The van der Waals surface area contributed by atoms with Gasteiger partial charge in [-0.25, -0.2) is 4.98 Å². The van der Waals surface area contributed by atoms with Crippen molar-refractivity contribution in [2.24, 2.45) is 0 Å². The highest BCUT2D eigenvalue weighted by molar-refractivity contribution is 5.77. The first-order valence-electron chi connectivity index (χ1n) is 9.20. The van der Waals surface area contributed by atoms with E-state index in [4.69, 9.17) is 4.52 Å². The Morgan fingerprint density at radius 2 is 1.82 bits per heavy atom. The topological polar surface area (TPSA) is 73.8 Å². The molecule has 2 aromatic carbocycles. The molecule has 0 bridgehead atoms. The molecule has 4 rings (SSSR count). The van der Waals surface area contributed by atoms with Crippen LogP contribution in [0.25, 0.3) is 23.1 Å². The Balaban J connectivity index is 1.61. The molecule has 0 aliphatic heterocycles. The lowest BCUT2D eigenvalue weighted by Gasteiger charge is -2.10. The third-order valence-electron chi connectivity index (χ3n) is 4.54. The maximum Gasteiger partial charge on any atom is 0.261 e. The summed E-state index contributed by atoms with van der Waals surface area (Å²) >= 11 is 0. The second kappa shape index (κ2) is 7.60. The molecule has 140 valence electrons. The summed E-state index contributed by atoms with van der Waals surface area (Å²) in [5, 5.41) is 4.60. The SMILES string of the molecule is CCc1nc2ccccc2c(=O)n1Cc1noc(C=Cc2ccc(C)cc2)n1. The number of benzene rings is 2. The van der Waals surface area contributed by atoms with Gasteiger partial charge in [-0.05, 0) is 30.7 Å². The molecule has 2 aromatic heterocycles. The third kappa shape index (κ3) is 3.62. The van der Waals surface area contributed by atoms with Gasteiger partial charge < -0.3 is 4.52 Å². The first-order chi connectivity index (χ1) is 13.6. The summed E-state index contributed by atoms with van der Waals surface area (Å²) in [5.74, 6) is 1.54. The van der Waals surface area contributed by atoms with Gasteiger partial charge in [0.25, 0.3) is 11.4 Å². The molecule has 28 heavy (non-hydrogen) atoms. The summed E-state index contributed by atoms with van der Waals surface area (Å²) in [5.41, 5.74) is 2.87. The molecule has 0 saturated carbocycles. The minimum Gasteiger partial charge on any atom is -0.335 e. The van der Waals surface area contributed by atoms with Crippen molar-refractivity contribution >= 4 is 23.1 Å². The first-order valence-corrected chi connectivity index (χ1v) is 9.20. The van der Waals surface area contributed by atoms with Crippen molar-refractivity contribution in [1.82, 2.24) is 19.7 Å². The number of hydrogen-bond acceptors (Lipinski definition) is 5. The maximum atomic E-state index is 12.9. The fraction of sp³-hybridized carbons (Fsp3) is 0.182. The van der Waals surface area contributed by atoms with Gasteiger partial charge in [0.15, 0.2) is 5.82 Å². The number of nitrogens with zero attached hydrogens (tertiary/aromatic N) is 4. The van der Waals surface area contributed by atoms with Crippen LogP contribution >= 0.6 is 0 Å². The lowest BCUT2D eigenvalue weighted by atomic mass is 10.1. The Bertz CT molecular complexity index is 1200. The highest BCUT2D eigenvalue weighted by atomic mass is 16.5. The van der Waals surface area contributed by atoms with Crippen molar-refractivity contribution in [2.75, 3.05) is 0 Å². The second-order valence-corrected chi connectivity index (χ2v) is 6.58. The van der Waals surface area contributed by atoms with E-state index in [-0.39, 0.29) is 12.1 Å². The van der Waals surface area contributed by atoms with Crippen LogP contribution in [0, 0.1) is 6.92 Å². The summed E-state index contributed by atoms with van der Waals surface area (Å²) in [7, 11) is 0. The van der Waals surface area contributed by atoms with E-state index in [1.54, 1.807) is 16.7 Å².